The molecule has 3 nitrogen and oxygen atoms in total. The Bertz CT molecular complexity index is 627. The molecule has 1 amide bonds. The zero-order valence-electron chi connectivity index (χ0n) is 10.3. The molecule has 0 radical (unpaired) electrons. The molecule has 0 aliphatic carbocycles. The van der Waals surface area contributed by atoms with Gasteiger partial charge in [0.25, 0.3) is 0 Å². The van der Waals surface area contributed by atoms with E-state index in [-0.39, 0.29) is 5.91 Å². The van der Waals surface area contributed by atoms with E-state index in [0.717, 1.165) is 17.1 Å². The molecule has 1 aliphatic heterocycles. The molecular formula is C15H13ClN2O. The summed E-state index contributed by atoms with van der Waals surface area (Å²) in [4.78, 5) is 14.1. The van der Waals surface area contributed by atoms with Crippen LogP contribution in [-0.2, 0) is 4.79 Å². The maximum atomic E-state index is 12.3. The van der Waals surface area contributed by atoms with E-state index in [1.807, 2.05) is 42.5 Å². The first-order chi connectivity index (χ1) is 9.25. The molecule has 96 valence electrons. The summed E-state index contributed by atoms with van der Waals surface area (Å²) in [7, 11) is 0. The van der Waals surface area contributed by atoms with Crippen molar-refractivity contribution in [2.75, 3.05) is 16.8 Å². The Hall–Kier alpha value is -2.00. The molecule has 3 rings (SSSR count). The molecule has 2 aromatic carbocycles. The predicted molar refractivity (Wildman–Crippen MR) is 78.1 cm³/mol. The highest BCUT2D eigenvalue weighted by molar-refractivity contribution is 6.31. The van der Waals surface area contributed by atoms with Gasteiger partial charge in [-0.3, -0.25) is 9.69 Å². The summed E-state index contributed by atoms with van der Waals surface area (Å²) in [6, 6.07) is 15.2. The van der Waals surface area contributed by atoms with Crippen LogP contribution in [0.4, 0.5) is 17.1 Å². The third-order valence-electron chi connectivity index (χ3n) is 3.12. The topological polar surface area (TPSA) is 32.3 Å². The summed E-state index contributed by atoms with van der Waals surface area (Å²) >= 11 is 6.03. The third kappa shape index (κ3) is 2.29. The molecule has 1 N–H and O–H groups in total. The Morgan fingerprint density at radius 1 is 1.11 bits per heavy atom. The summed E-state index contributed by atoms with van der Waals surface area (Å²) in [5.74, 6) is 0.0692. The van der Waals surface area contributed by atoms with Crippen LogP contribution in [0, 0.1) is 0 Å². The van der Waals surface area contributed by atoms with Crippen molar-refractivity contribution >= 4 is 34.6 Å². The first-order valence-electron chi connectivity index (χ1n) is 6.17. The molecule has 0 bridgehead atoms. The van der Waals surface area contributed by atoms with Crippen LogP contribution in [0.15, 0.2) is 48.5 Å². The van der Waals surface area contributed by atoms with Gasteiger partial charge in [-0.15, -0.1) is 0 Å². The number of carbonyl (C=O) groups excluding carboxylic acids is 1. The summed E-state index contributed by atoms with van der Waals surface area (Å²) in [6.07, 6.45) is 0.460. The van der Waals surface area contributed by atoms with Crippen LogP contribution in [0.25, 0.3) is 0 Å². The molecule has 0 saturated carbocycles. The van der Waals surface area contributed by atoms with Crippen LogP contribution in [-0.4, -0.2) is 12.5 Å². The lowest BCUT2D eigenvalue weighted by Gasteiger charge is -2.22. The molecule has 19 heavy (non-hydrogen) atoms. The fourth-order valence-corrected chi connectivity index (χ4v) is 2.45. The Labute approximate surface area is 116 Å². The van der Waals surface area contributed by atoms with Crippen molar-refractivity contribution in [2.24, 2.45) is 0 Å². The standard InChI is InChI=1S/C15H13ClN2O/c16-11-4-3-5-12(10-11)18-14-7-2-1-6-13(14)17-9-8-15(18)19/h1-7,10,17H,8-9H2. The minimum absolute atomic E-state index is 0.0692. The van der Waals surface area contributed by atoms with Crippen molar-refractivity contribution < 1.29 is 4.79 Å². The number of hydrogen-bond acceptors (Lipinski definition) is 2. The van der Waals surface area contributed by atoms with Crippen LogP contribution >= 0.6 is 11.6 Å². The molecule has 0 spiro atoms. The molecule has 0 fully saturated rings. The second-order valence-corrected chi connectivity index (χ2v) is 4.84. The second-order valence-electron chi connectivity index (χ2n) is 4.40. The second kappa shape index (κ2) is 4.94. The van der Waals surface area contributed by atoms with Gasteiger partial charge < -0.3 is 5.32 Å². The van der Waals surface area contributed by atoms with Crippen molar-refractivity contribution in [3.63, 3.8) is 0 Å². The van der Waals surface area contributed by atoms with E-state index in [9.17, 15) is 4.79 Å². The molecule has 1 aliphatic rings. The normalized spacial score (nSPS) is 14.6. The van der Waals surface area contributed by atoms with Gasteiger partial charge in [0, 0.05) is 18.0 Å². The summed E-state index contributed by atoms with van der Waals surface area (Å²) in [6.45, 7) is 0.646. The Kier molecular flexibility index (Phi) is 3.13. The lowest BCUT2D eigenvalue weighted by Crippen LogP contribution is -2.24. The van der Waals surface area contributed by atoms with E-state index >= 15 is 0 Å². The van der Waals surface area contributed by atoms with Gasteiger partial charge >= 0.3 is 0 Å². The van der Waals surface area contributed by atoms with Gasteiger partial charge in [-0.2, -0.15) is 0 Å². The van der Waals surface area contributed by atoms with Crippen LogP contribution in [0.2, 0.25) is 5.02 Å². The summed E-state index contributed by atoms with van der Waals surface area (Å²) in [5, 5.41) is 3.90. The number of fused-ring (bicyclic) bond motifs is 1. The van der Waals surface area contributed by atoms with Crippen molar-refractivity contribution in [1.29, 1.82) is 0 Å². The summed E-state index contributed by atoms with van der Waals surface area (Å²) in [5.41, 5.74) is 2.63. The highest BCUT2D eigenvalue weighted by Gasteiger charge is 2.23. The smallest absolute Gasteiger partial charge is 0.233 e. The minimum atomic E-state index is 0.0692. The van der Waals surface area contributed by atoms with E-state index < -0.39 is 0 Å². The Morgan fingerprint density at radius 3 is 2.79 bits per heavy atom. The number of anilines is 3. The van der Waals surface area contributed by atoms with Gasteiger partial charge in [0.2, 0.25) is 5.91 Å². The largest absolute Gasteiger partial charge is 0.383 e. The fourth-order valence-electron chi connectivity index (χ4n) is 2.27. The number of amides is 1. The highest BCUT2D eigenvalue weighted by Crippen LogP contribution is 2.35. The molecule has 4 heteroatoms. The van der Waals surface area contributed by atoms with Crippen molar-refractivity contribution in [3.05, 3.63) is 53.6 Å². The number of para-hydroxylation sites is 2. The Balaban J connectivity index is 2.14. The van der Waals surface area contributed by atoms with Crippen molar-refractivity contribution in [1.82, 2.24) is 0 Å². The maximum absolute atomic E-state index is 12.3. The van der Waals surface area contributed by atoms with Crippen LogP contribution in [0.5, 0.6) is 0 Å². The number of nitrogens with zero attached hydrogens (tertiary/aromatic N) is 1. The minimum Gasteiger partial charge on any atom is -0.383 e. The maximum Gasteiger partial charge on any atom is 0.233 e. The first-order valence-corrected chi connectivity index (χ1v) is 6.55. The quantitative estimate of drug-likeness (QED) is 0.856. The van der Waals surface area contributed by atoms with Crippen LogP contribution in [0.3, 0.4) is 0 Å². The van der Waals surface area contributed by atoms with Gasteiger partial charge in [-0.1, -0.05) is 29.8 Å². The first kappa shape index (κ1) is 12.1. The van der Waals surface area contributed by atoms with Gasteiger partial charge in [-0.05, 0) is 30.3 Å². The predicted octanol–water partition coefficient (Wildman–Crippen LogP) is 3.82. The van der Waals surface area contributed by atoms with Gasteiger partial charge in [0.1, 0.15) is 0 Å². The van der Waals surface area contributed by atoms with Crippen LogP contribution in [0.1, 0.15) is 6.42 Å². The molecule has 0 atom stereocenters. The number of hydrogen-bond donors (Lipinski definition) is 1. The average molecular weight is 273 g/mol. The lowest BCUT2D eigenvalue weighted by atomic mass is 10.2. The summed E-state index contributed by atoms with van der Waals surface area (Å²) < 4.78 is 0. The van der Waals surface area contributed by atoms with Crippen LogP contribution < -0.4 is 10.2 Å². The number of nitrogens with one attached hydrogen (secondary N) is 1. The third-order valence-corrected chi connectivity index (χ3v) is 3.35. The molecule has 0 saturated heterocycles. The number of benzene rings is 2. The Morgan fingerprint density at radius 2 is 1.95 bits per heavy atom. The van der Waals surface area contributed by atoms with E-state index in [1.54, 1.807) is 11.0 Å². The van der Waals surface area contributed by atoms with Crippen molar-refractivity contribution in [2.45, 2.75) is 6.42 Å². The van der Waals surface area contributed by atoms with Crippen molar-refractivity contribution in [3.8, 4) is 0 Å². The SMILES string of the molecule is O=C1CCNc2ccccc2N1c1cccc(Cl)c1. The van der Waals surface area contributed by atoms with E-state index in [0.29, 0.717) is 18.0 Å². The zero-order valence-corrected chi connectivity index (χ0v) is 11.0. The molecule has 2 aromatic rings. The monoisotopic (exact) mass is 272 g/mol. The zero-order chi connectivity index (χ0) is 13.2. The highest BCUT2D eigenvalue weighted by atomic mass is 35.5. The van der Waals surface area contributed by atoms with E-state index in [2.05, 4.69) is 5.32 Å². The lowest BCUT2D eigenvalue weighted by molar-refractivity contribution is -0.117. The number of carbonyl (C=O) groups is 1. The molecular weight excluding hydrogens is 260 g/mol. The van der Waals surface area contributed by atoms with E-state index in [4.69, 9.17) is 11.6 Å². The van der Waals surface area contributed by atoms with Gasteiger partial charge in [-0.25, -0.2) is 0 Å². The fraction of sp³-hybridized carbons (Fsp3) is 0.133. The van der Waals surface area contributed by atoms with Gasteiger partial charge in [0.15, 0.2) is 0 Å². The number of rotatable bonds is 1. The molecule has 0 unspecified atom stereocenters. The van der Waals surface area contributed by atoms with Gasteiger partial charge in [0.05, 0.1) is 17.1 Å². The number of halogens is 1. The average Bonchev–Trinajstić information content (AvgIpc) is 2.57. The molecule has 0 aromatic heterocycles. The van der Waals surface area contributed by atoms with E-state index in [1.165, 1.54) is 0 Å². The molecule has 1 heterocycles.